The van der Waals surface area contributed by atoms with Gasteiger partial charge in [0.15, 0.2) is 0 Å². The fourth-order valence-corrected chi connectivity index (χ4v) is 4.42. The largest absolute Gasteiger partial charge is 0.495 e. The van der Waals surface area contributed by atoms with Gasteiger partial charge in [0.05, 0.1) is 19.1 Å². The summed E-state index contributed by atoms with van der Waals surface area (Å²) in [4.78, 5) is 12.8. The summed E-state index contributed by atoms with van der Waals surface area (Å²) in [5.41, 5.74) is 1.41. The van der Waals surface area contributed by atoms with Crippen LogP contribution in [0.4, 0.5) is 5.69 Å². The number of benzene rings is 2. The highest BCUT2D eigenvalue weighted by molar-refractivity contribution is 7.92. The Hall–Kier alpha value is -2.25. The molecule has 6 nitrogen and oxygen atoms in total. The second kappa shape index (κ2) is 9.98. The predicted molar refractivity (Wildman–Crippen MR) is 117 cm³/mol. The van der Waals surface area contributed by atoms with Crippen LogP contribution in [0.2, 0.25) is 5.02 Å². The predicted octanol–water partition coefficient (Wildman–Crippen LogP) is 3.64. The lowest BCUT2D eigenvalue weighted by Crippen LogP contribution is -2.50. The highest BCUT2D eigenvalue weighted by atomic mass is 35.5. The Labute approximate surface area is 177 Å². The second-order valence-corrected chi connectivity index (χ2v) is 9.28. The van der Waals surface area contributed by atoms with Crippen molar-refractivity contribution in [1.29, 1.82) is 0 Å². The molecule has 2 aromatic rings. The maximum Gasteiger partial charge on any atom is 0.243 e. The van der Waals surface area contributed by atoms with Gasteiger partial charge in [0.1, 0.15) is 11.8 Å². The summed E-state index contributed by atoms with van der Waals surface area (Å²) in [6.45, 7) is 3.44. The molecule has 0 spiro atoms. The van der Waals surface area contributed by atoms with Gasteiger partial charge in [-0.3, -0.25) is 9.10 Å². The summed E-state index contributed by atoms with van der Waals surface area (Å²) < 4.78 is 31.3. The van der Waals surface area contributed by atoms with Crippen molar-refractivity contribution in [3.8, 4) is 5.75 Å². The van der Waals surface area contributed by atoms with Crippen LogP contribution in [-0.2, 0) is 21.2 Å². The van der Waals surface area contributed by atoms with Crippen molar-refractivity contribution in [2.45, 2.75) is 38.8 Å². The molecule has 8 heteroatoms. The number of carbonyl (C=O) groups excluding carboxylic acids is 1. The lowest BCUT2D eigenvalue weighted by atomic mass is 10.1. The van der Waals surface area contributed by atoms with Gasteiger partial charge >= 0.3 is 0 Å². The molecule has 0 aliphatic rings. The summed E-state index contributed by atoms with van der Waals surface area (Å²) in [5, 5.41) is 3.25. The normalized spacial score (nSPS) is 13.4. The van der Waals surface area contributed by atoms with E-state index in [1.54, 1.807) is 19.1 Å². The van der Waals surface area contributed by atoms with Gasteiger partial charge in [-0.25, -0.2) is 8.42 Å². The number of hydrogen-bond acceptors (Lipinski definition) is 4. The van der Waals surface area contributed by atoms with E-state index in [0.29, 0.717) is 10.8 Å². The number of nitrogens with one attached hydrogen (secondary N) is 1. The van der Waals surface area contributed by atoms with Crippen molar-refractivity contribution >= 4 is 33.2 Å². The van der Waals surface area contributed by atoms with Crippen LogP contribution in [0.1, 0.15) is 25.8 Å². The Morgan fingerprint density at radius 1 is 1.17 bits per heavy atom. The van der Waals surface area contributed by atoms with E-state index >= 15 is 0 Å². The Kier molecular flexibility index (Phi) is 7.93. The standard InChI is InChI=1S/C21H27ClN2O4S/c1-15(10-11-17-8-6-5-7-9-17)23-21(25)16(2)24(29(4,26)27)19-14-18(22)12-13-20(19)28-3/h5-9,12-16H,10-11H2,1-4H3,(H,23,25)/t15-,16-/m1/s1. The van der Waals surface area contributed by atoms with Crippen molar-refractivity contribution in [1.82, 2.24) is 5.32 Å². The molecule has 158 valence electrons. The molecule has 2 rings (SSSR count). The number of aryl methyl sites for hydroxylation is 1. The zero-order valence-corrected chi connectivity index (χ0v) is 18.6. The fraction of sp³-hybridized carbons (Fsp3) is 0.381. The van der Waals surface area contributed by atoms with E-state index in [0.717, 1.165) is 23.4 Å². The quantitative estimate of drug-likeness (QED) is 0.648. The van der Waals surface area contributed by atoms with Crippen molar-refractivity contribution in [2.75, 3.05) is 17.7 Å². The van der Waals surface area contributed by atoms with Gasteiger partial charge in [-0.05, 0) is 50.5 Å². The first kappa shape index (κ1) is 23.0. The molecule has 0 heterocycles. The summed E-state index contributed by atoms with van der Waals surface area (Å²) >= 11 is 6.06. The third-order valence-electron chi connectivity index (χ3n) is 4.56. The van der Waals surface area contributed by atoms with E-state index in [-0.39, 0.29) is 11.7 Å². The average molecular weight is 439 g/mol. The molecule has 1 amide bonds. The zero-order chi connectivity index (χ0) is 21.6. The number of halogens is 1. The average Bonchev–Trinajstić information content (AvgIpc) is 2.66. The SMILES string of the molecule is COc1ccc(Cl)cc1N([C@H](C)C(=O)N[C@H](C)CCc1ccccc1)S(C)(=O)=O. The van der Waals surface area contributed by atoms with E-state index < -0.39 is 22.0 Å². The molecule has 29 heavy (non-hydrogen) atoms. The minimum absolute atomic E-state index is 0.118. The summed E-state index contributed by atoms with van der Waals surface area (Å²) in [7, 11) is -2.33. The molecule has 2 atom stereocenters. The Morgan fingerprint density at radius 3 is 2.41 bits per heavy atom. The van der Waals surface area contributed by atoms with Gasteiger partial charge < -0.3 is 10.1 Å². The number of anilines is 1. The first-order valence-electron chi connectivity index (χ1n) is 9.30. The third kappa shape index (κ3) is 6.37. The number of methoxy groups -OCH3 is 1. The van der Waals surface area contributed by atoms with E-state index in [2.05, 4.69) is 5.32 Å². The first-order valence-corrected chi connectivity index (χ1v) is 11.5. The van der Waals surface area contributed by atoms with Crippen LogP contribution >= 0.6 is 11.6 Å². The minimum atomic E-state index is -3.77. The van der Waals surface area contributed by atoms with E-state index in [4.69, 9.17) is 16.3 Å². The molecule has 1 N–H and O–H groups in total. The van der Waals surface area contributed by atoms with Crippen LogP contribution in [0, 0.1) is 0 Å². The number of carbonyl (C=O) groups is 1. The van der Waals surface area contributed by atoms with Crippen molar-refractivity contribution in [2.24, 2.45) is 0 Å². The highest BCUT2D eigenvalue weighted by Gasteiger charge is 2.31. The minimum Gasteiger partial charge on any atom is -0.495 e. The molecule has 0 radical (unpaired) electrons. The molecular weight excluding hydrogens is 412 g/mol. The monoisotopic (exact) mass is 438 g/mol. The summed E-state index contributed by atoms with van der Waals surface area (Å²) in [6, 6.07) is 13.5. The van der Waals surface area contributed by atoms with Crippen LogP contribution in [0.15, 0.2) is 48.5 Å². The van der Waals surface area contributed by atoms with E-state index in [1.807, 2.05) is 37.3 Å². The Bertz CT molecular complexity index is 935. The molecule has 0 bridgehead atoms. The number of hydrogen-bond donors (Lipinski definition) is 1. The first-order chi connectivity index (χ1) is 13.6. The third-order valence-corrected chi connectivity index (χ3v) is 6.03. The van der Waals surface area contributed by atoms with Gasteiger partial charge in [-0.2, -0.15) is 0 Å². The number of amides is 1. The lowest BCUT2D eigenvalue weighted by Gasteiger charge is -2.30. The smallest absolute Gasteiger partial charge is 0.243 e. The fourth-order valence-electron chi connectivity index (χ4n) is 3.08. The molecule has 0 fully saturated rings. The molecule has 0 saturated carbocycles. The summed E-state index contributed by atoms with van der Waals surface area (Å²) in [6.07, 6.45) is 2.60. The number of sulfonamides is 1. The van der Waals surface area contributed by atoms with Gasteiger partial charge in [-0.1, -0.05) is 41.9 Å². The number of ether oxygens (including phenoxy) is 1. The molecule has 0 aromatic heterocycles. The van der Waals surface area contributed by atoms with Crippen molar-refractivity contribution < 1.29 is 17.9 Å². The van der Waals surface area contributed by atoms with Crippen molar-refractivity contribution in [3.05, 3.63) is 59.1 Å². The molecular formula is C21H27ClN2O4S. The maximum atomic E-state index is 12.8. The molecule has 0 aliphatic carbocycles. The maximum absolute atomic E-state index is 12.8. The van der Waals surface area contributed by atoms with Gasteiger partial charge in [0.2, 0.25) is 15.9 Å². The molecule has 0 aliphatic heterocycles. The van der Waals surface area contributed by atoms with Crippen LogP contribution in [0.5, 0.6) is 5.75 Å². The highest BCUT2D eigenvalue weighted by Crippen LogP contribution is 2.34. The van der Waals surface area contributed by atoms with Gasteiger partial charge in [-0.15, -0.1) is 0 Å². The molecule has 2 aromatic carbocycles. The van der Waals surface area contributed by atoms with Crippen molar-refractivity contribution in [3.63, 3.8) is 0 Å². The van der Waals surface area contributed by atoms with E-state index in [1.165, 1.54) is 18.7 Å². The van der Waals surface area contributed by atoms with Gasteiger partial charge in [0, 0.05) is 11.1 Å². The second-order valence-electron chi connectivity index (χ2n) is 6.98. The Morgan fingerprint density at radius 2 is 1.83 bits per heavy atom. The van der Waals surface area contributed by atoms with Crippen LogP contribution in [0.3, 0.4) is 0 Å². The molecule has 0 saturated heterocycles. The lowest BCUT2D eigenvalue weighted by molar-refractivity contribution is -0.122. The number of nitrogens with zero attached hydrogens (tertiary/aromatic N) is 1. The summed E-state index contributed by atoms with van der Waals surface area (Å²) in [5.74, 6) is -0.0744. The van der Waals surface area contributed by atoms with Crippen LogP contribution in [-0.4, -0.2) is 39.8 Å². The zero-order valence-electron chi connectivity index (χ0n) is 17.1. The molecule has 0 unspecified atom stereocenters. The Balaban J connectivity index is 2.16. The van der Waals surface area contributed by atoms with Gasteiger partial charge in [0.25, 0.3) is 0 Å². The van der Waals surface area contributed by atoms with Crippen LogP contribution in [0.25, 0.3) is 0 Å². The van der Waals surface area contributed by atoms with Crippen LogP contribution < -0.4 is 14.4 Å². The topological polar surface area (TPSA) is 75.7 Å². The number of rotatable bonds is 9. The van der Waals surface area contributed by atoms with E-state index in [9.17, 15) is 13.2 Å².